The van der Waals surface area contributed by atoms with Gasteiger partial charge in [-0.3, -0.25) is 4.79 Å². The maximum atomic E-state index is 13.9. The van der Waals surface area contributed by atoms with E-state index in [0.29, 0.717) is 16.5 Å². The van der Waals surface area contributed by atoms with Crippen molar-refractivity contribution in [1.29, 1.82) is 0 Å². The zero-order chi connectivity index (χ0) is 18.0. The Balaban J connectivity index is 1.73. The second-order valence-corrected chi connectivity index (χ2v) is 5.78. The van der Waals surface area contributed by atoms with Crippen LogP contribution in [0.1, 0.15) is 16.2 Å². The second kappa shape index (κ2) is 6.98. The van der Waals surface area contributed by atoms with Gasteiger partial charge in [0, 0.05) is 11.4 Å². The Morgan fingerprint density at radius 3 is 2.76 bits per heavy atom. The summed E-state index contributed by atoms with van der Waals surface area (Å²) < 4.78 is 47.6. The van der Waals surface area contributed by atoms with Gasteiger partial charge in [-0.15, -0.1) is 11.3 Å². The summed E-state index contributed by atoms with van der Waals surface area (Å²) >= 11 is 1.21. The number of hydrogen-bond donors (Lipinski definition) is 1. The molecule has 0 aliphatic heterocycles. The molecule has 0 spiro atoms. The smallest absolute Gasteiger partial charge is 0.387 e. The van der Waals surface area contributed by atoms with Crippen LogP contribution >= 0.6 is 11.3 Å². The zero-order valence-corrected chi connectivity index (χ0v) is 13.6. The predicted molar refractivity (Wildman–Crippen MR) is 85.5 cm³/mol. The highest BCUT2D eigenvalue weighted by molar-refractivity contribution is 7.13. The molecule has 0 unspecified atom stereocenters. The number of furan rings is 1. The van der Waals surface area contributed by atoms with Gasteiger partial charge in [0.1, 0.15) is 23.0 Å². The minimum Gasteiger partial charge on any atom is -0.459 e. The molecule has 3 rings (SSSR count). The number of amides is 1. The van der Waals surface area contributed by atoms with Crippen LogP contribution in [0.2, 0.25) is 0 Å². The van der Waals surface area contributed by atoms with Gasteiger partial charge in [-0.05, 0) is 31.2 Å². The molecule has 1 aromatic carbocycles. The Labute approximate surface area is 144 Å². The average molecular weight is 368 g/mol. The third kappa shape index (κ3) is 4.00. The number of anilines is 1. The monoisotopic (exact) mass is 368 g/mol. The average Bonchev–Trinajstić information content (AvgIpc) is 3.18. The van der Waals surface area contributed by atoms with E-state index in [1.165, 1.54) is 16.7 Å². The number of carbonyl (C=O) groups excluding carboxylic acids is 1. The molecule has 0 radical (unpaired) electrons. The van der Waals surface area contributed by atoms with Crippen molar-refractivity contribution in [3.05, 3.63) is 53.0 Å². The molecule has 0 bridgehead atoms. The van der Waals surface area contributed by atoms with Gasteiger partial charge in [0.25, 0.3) is 5.91 Å². The molecule has 2 aromatic heterocycles. The minimum atomic E-state index is -3.06. The molecule has 5 nitrogen and oxygen atoms in total. The highest BCUT2D eigenvalue weighted by Crippen LogP contribution is 2.27. The van der Waals surface area contributed by atoms with Gasteiger partial charge in [-0.25, -0.2) is 9.37 Å². The summed E-state index contributed by atoms with van der Waals surface area (Å²) in [7, 11) is 0. The summed E-state index contributed by atoms with van der Waals surface area (Å²) in [5.41, 5.74) is -0.0867. The summed E-state index contributed by atoms with van der Waals surface area (Å²) in [6, 6.07) is 6.53. The largest absolute Gasteiger partial charge is 0.459 e. The van der Waals surface area contributed by atoms with E-state index >= 15 is 0 Å². The quantitative estimate of drug-likeness (QED) is 0.709. The Hall–Kier alpha value is -2.81. The maximum absolute atomic E-state index is 13.9. The van der Waals surface area contributed by atoms with Crippen molar-refractivity contribution >= 4 is 22.9 Å². The zero-order valence-electron chi connectivity index (χ0n) is 12.8. The van der Waals surface area contributed by atoms with Gasteiger partial charge in [0.15, 0.2) is 10.8 Å². The lowest BCUT2D eigenvalue weighted by atomic mass is 10.2. The number of carbonyl (C=O) groups is 1. The molecule has 130 valence electrons. The molecule has 1 N–H and O–H groups in total. The highest BCUT2D eigenvalue weighted by atomic mass is 32.1. The van der Waals surface area contributed by atoms with Gasteiger partial charge in [-0.1, -0.05) is 0 Å². The van der Waals surface area contributed by atoms with Crippen LogP contribution in [0.25, 0.3) is 10.8 Å². The summed E-state index contributed by atoms with van der Waals surface area (Å²) in [5, 5.41) is 4.36. The van der Waals surface area contributed by atoms with Crippen LogP contribution in [0, 0.1) is 12.7 Å². The summed E-state index contributed by atoms with van der Waals surface area (Å²) in [4.78, 5) is 16.3. The van der Waals surface area contributed by atoms with Crippen molar-refractivity contribution < 1.29 is 27.1 Å². The van der Waals surface area contributed by atoms with Crippen LogP contribution in [-0.2, 0) is 0 Å². The first-order chi connectivity index (χ1) is 11.9. The second-order valence-electron chi connectivity index (χ2n) is 4.92. The normalized spacial score (nSPS) is 10.9. The van der Waals surface area contributed by atoms with Crippen LogP contribution < -0.4 is 10.1 Å². The van der Waals surface area contributed by atoms with Gasteiger partial charge in [0.05, 0.1) is 5.69 Å². The number of aryl methyl sites for hydroxylation is 1. The minimum absolute atomic E-state index is 0.0846. The first kappa shape index (κ1) is 17.0. The van der Waals surface area contributed by atoms with Crippen molar-refractivity contribution in [3.63, 3.8) is 0 Å². The number of halogens is 3. The van der Waals surface area contributed by atoms with E-state index in [1.807, 2.05) is 0 Å². The lowest BCUT2D eigenvalue weighted by Crippen LogP contribution is -2.13. The number of aromatic nitrogens is 1. The van der Waals surface area contributed by atoms with Gasteiger partial charge in [0.2, 0.25) is 0 Å². The number of nitrogens with zero attached hydrogens (tertiary/aromatic N) is 1. The van der Waals surface area contributed by atoms with Gasteiger partial charge < -0.3 is 14.5 Å². The van der Waals surface area contributed by atoms with E-state index in [4.69, 9.17) is 4.42 Å². The Bertz CT molecular complexity index is 908. The molecular formula is C16H11F3N2O3S. The third-order valence-electron chi connectivity index (χ3n) is 3.10. The molecule has 0 fully saturated rings. The lowest BCUT2D eigenvalue weighted by Gasteiger charge is -2.08. The summed E-state index contributed by atoms with van der Waals surface area (Å²) in [6.07, 6.45) is 0. The van der Waals surface area contributed by atoms with E-state index in [2.05, 4.69) is 15.0 Å². The molecular weight excluding hydrogens is 357 g/mol. The van der Waals surface area contributed by atoms with E-state index in [-0.39, 0.29) is 17.1 Å². The lowest BCUT2D eigenvalue weighted by molar-refractivity contribution is -0.0499. The maximum Gasteiger partial charge on any atom is 0.387 e. The van der Waals surface area contributed by atoms with Crippen molar-refractivity contribution in [1.82, 2.24) is 4.98 Å². The van der Waals surface area contributed by atoms with Crippen LogP contribution in [0.5, 0.6) is 5.75 Å². The standard InChI is InChI=1S/C16H11F3N2O3S/c1-8-2-5-13(23-8)15-21-12(7-25-15)14(22)20-11-4-3-9(6-10(11)17)24-16(18)19/h2-7,16H,1H3,(H,20,22). The predicted octanol–water partition coefficient (Wildman–Crippen LogP) is 4.70. The third-order valence-corrected chi connectivity index (χ3v) is 3.96. The fraction of sp³-hybridized carbons (Fsp3) is 0.125. The number of ether oxygens (including phenoxy) is 1. The van der Waals surface area contributed by atoms with Crippen LogP contribution in [-0.4, -0.2) is 17.5 Å². The number of rotatable bonds is 5. The fourth-order valence-corrected chi connectivity index (χ4v) is 2.76. The molecule has 25 heavy (non-hydrogen) atoms. The Morgan fingerprint density at radius 1 is 1.32 bits per heavy atom. The fourth-order valence-electron chi connectivity index (χ4n) is 2.00. The van der Waals surface area contributed by atoms with E-state index in [0.717, 1.165) is 18.2 Å². The van der Waals surface area contributed by atoms with E-state index < -0.39 is 18.3 Å². The number of benzene rings is 1. The van der Waals surface area contributed by atoms with E-state index in [9.17, 15) is 18.0 Å². The van der Waals surface area contributed by atoms with Crippen molar-refractivity contribution in [2.75, 3.05) is 5.32 Å². The molecule has 0 aliphatic carbocycles. The molecule has 0 atom stereocenters. The molecule has 1 amide bonds. The van der Waals surface area contributed by atoms with Crippen LogP contribution in [0.4, 0.5) is 18.9 Å². The first-order valence-electron chi connectivity index (χ1n) is 7.00. The van der Waals surface area contributed by atoms with Gasteiger partial charge >= 0.3 is 6.61 Å². The SMILES string of the molecule is Cc1ccc(-c2nc(C(=O)Nc3ccc(OC(F)F)cc3F)cs2)o1. The number of nitrogens with one attached hydrogen (secondary N) is 1. The van der Waals surface area contributed by atoms with E-state index in [1.54, 1.807) is 19.1 Å². The van der Waals surface area contributed by atoms with Crippen LogP contribution in [0.3, 0.4) is 0 Å². The van der Waals surface area contributed by atoms with Gasteiger partial charge in [-0.2, -0.15) is 8.78 Å². The van der Waals surface area contributed by atoms with Crippen molar-refractivity contribution in [2.45, 2.75) is 13.5 Å². The summed E-state index contributed by atoms with van der Waals surface area (Å²) in [5.74, 6) is -0.629. The van der Waals surface area contributed by atoms with Crippen LogP contribution in [0.15, 0.2) is 40.1 Å². The number of hydrogen-bond acceptors (Lipinski definition) is 5. The molecule has 3 aromatic rings. The topological polar surface area (TPSA) is 64.4 Å². The van der Waals surface area contributed by atoms with Crippen molar-refractivity contribution in [3.8, 4) is 16.5 Å². The molecule has 0 aliphatic rings. The first-order valence-corrected chi connectivity index (χ1v) is 7.88. The number of alkyl halides is 2. The summed E-state index contributed by atoms with van der Waals surface area (Å²) in [6.45, 7) is -1.27. The Kier molecular flexibility index (Phi) is 4.75. The molecule has 0 saturated heterocycles. The highest BCUT2D eigenvalue weighted by Gasteiger charge is 2.16. The molecule has 0 saturated carbocycles. The number of thiazole rings is 1. The Morgan fingerprint density at radius 2 is 2.12 bits per heavy atom. The molecule has 2 heterocycles. The molecule has 9 heteroatoms. The van der Waals surface area contributed by atoms with Crippen molar-refractivity contribution in [2.24, 2.45) is 0 Å².